The van der Waals surface area contributed by atoms with Crippen molar-refractivity contribution in [2.24, 2.45) is 17.3 Å². The van der Waals surface area contributed by atoms with Crippen molar-refractivity contribution in [2.45, 2.75) is 46.6 Å². The number of nitrogens with one attached hydrogen (secondary N) is 2. The fraction of sp³-hybridized carbons (Fsp3) is 0.114. The number of hydrogen-bond donors (Lipinski definition) is 5. The normalized spacial score (nSPS) is 10.3. The number of hydrogen-bond acceptors (Lipinski definition) is 22. The second-order valence-corrected chi connectivity index (χ2v) is 21.2. The Hall–Kier alpha value is -13.6. The predicted octanol–water partition coefficient (Wildman–Crippen LogP) is 11.4. The topological polar surface area (TPSA) is 400 Å². The molecule has 14 aromatic rings. The van der Waals surface area contributed by atoms with Gasteiger partial charge in [-0.15, -0.1) is 12.4 Å². The van der Waals surface area contributed by atoms with Crippen LogP contribution in [0, 0.1) is 45.8 Å². The third kappa shape index (κ3) is 20.8. The van der Waals surface area contributed by atoms with Crippen LogP contribution in [0.4, 0.5) is 22.0 Å². The van der Waals surface area contributed by atoms with E-state index in [1.54, 1.807) is 121 Å². The molecular formula is C70H61ClF5N19O9. The van der Waals surface area contributed by atoms with Gasteiger partial charge in [-0.1, -0.05) is 91.0 Å². The van der Waals surface area contributed by atoms with E-state index in [1.165, 1.54) is 121 Å². The van der Waals surface area contributed by atoms with Crippen LogP contribution in [0.3, 0.4) is 0 Å². The van der Waals surface area contributed by atoms with Crippen LogP contribution in [0.5, 0.6) is 0 Å². The van der Waals surface area contributed by atoms with Crippen LogP contribution in [-0.4, -0.2) is 94.1 Å². The van der Waals surface area contributed by atoms with Crippen molar-refractivity contribution < 1.29 is 63.2 Å². The highest BCUT2D eigenvalue weighted by molar-refractivity contribution is 5.94. The van der Waals surface area contributed by atoms with Gasteiger partial charge >= 0.3 is 5.97 Å². The Bertz CT molecular complexity index is 4960. The van der Waals surface area contributed by atoms with Crippen molar-refractivity contribution in [3.8, 4) is 51.6 Å². The molecule has 0 fully saturated rings. The Morgan fingerprint density at radius 1 is 0.481 bits per heavy atom. The van der Waals surface area contributed by atoms with Crippen molar-refractivity contribution in [3.63, 3.8) is 0 Å². The zero-order valence-corrected chi connectivity index (χ0v) is 55.7. The predicted molar refractivity (Wildman–Crippen MR) is 364 cm³/mol. The number of amides is 1. The zero-order chi connectivity index (χ0) is 73.2. The van der Waals surface area contributed by atoms with E-state index in [4.69, 9.17) is 50.4 Å². The molecule has 0 aliphatic heterocycles. The fourth-order valence-corrected chi connectivity index (χ4v) is 9.23. The molecule has 0 bridgehead atoms. The van der Waals surface area contributed by atoms with Gasteiger partial charge in [0.25, 0.3) is 5.91 Å². The van der Waals surface area contributed by atoms with Crippen molar-refractivity contribution in [2.75, 3.05) is 6.61 Å². The van der Waals surface area contributed by atoms with Crippen molar-refractivity contribution >= 4 is 35.9 Å². The minimum Gasteiger partial charge on any atom is -0.461 e. The van der Waals surface area contributed by atoms with Gasteiger partial charge in [0.05, 0.1) is 55.6 Å². The number of rotatable bonds is 19. The van der Waals surface area contributed by atoms with E-state index in [9.17, 15) is 36.3 Å². The highest BCUT2D eigenvalue weighted by atomic mass is 35.5. The van der Waals surface area contributed by atoms with Gasteiger partial charge in [0.1, 0.15) is 106 Å². The van der Waals surface area contributed by atoms with Crippen LogP contribution >= 0.6 is 12.4 Å². The van der Waals surface area contributed by atoms with Crippen LogP contribution in [-0.2, 0) is 37.5 Å². The Morgan fingerprint density at radius 2 is 0.808 bits per heavy atom. The molecule has 14 rings (SSSR count). The van der Waals surface area contributed by atoms with Crippen molar-refractivity contribution in [1.29, 1.82) is 10.7 Å². The molecule has 0 spiro atoms. The summed E-state index contributed by atoms with van der Waals surface area (Å²) >= 11 is 0. The quantitative estimate of drug-likeness (QED) is 0.00954. The number of ether oxygens (including phenoxy) is 1. The molecular weight excluding hydrogens is 1380 g/mol. The van der Waals surface area contributed by atoms with Gasteiger partial charge in [-0.3, -0.25) is 45.0 Å². The number of esters is 1. The molecule has 0 aliphatic carbocycles. The highest BCUT2D eigenvalue weighted by Crippen LogP contribution is 2.26. The molecule has 0 aliphatic rings. The average Bonchev–Trinajstić information content (AvgIpc) is 1.65. The number of benzene rings is 5. The molecule has 104 heavy (non-hydrogen) atoms. The van der Waals surface area contributed by atoms with E-state index in [2.05, 4.69) is 55.2 Å². The maximum Gasteiger partial charge on any atom is 0.358 e. The Balaban J connectivity index is 0.000000162. The van der Waals surface area contributed by atoms with Crippen molar-refractivity contribution in [1.82, 2.24) is 69.5 Å². The number of carbonyl (C=O) groups excluding carboxylic acids is 3. The molecule has 34 heteroatoms. The molecule has 0 radical (unpaired) electrons. The van der Waals surface area contributed by atoms with Gasteiger partial charge in [-0.05, 0) is 49.4 Å². The third-order valence-electron chi connectivity index (χ3n) is 14.2. The van der Waals surface area contributed by atoms with E-state index in [1.807, 2.05) is 6.07 Å². The molecule has 28 nitrogen and oxygen atoms in total. The van der Waals surface area contributed by atoms with Crippen LogP contribution < -0.4 is 22.7 Å². The summed E-state index contributed by atoms with van der Waals surface area (Å²) < 4.78 is 103. The second-order valence-electron chi connectivity index (χ2n) is 21.2. The summed E-state index contributed by atoms with van der Waals surface area (Å²) in [5.41, 5.74) is 21.1. The first-order valence-corrected chi connectivity index (χ1v) is 30.5. The number of carbonyl (C=O) groups is 3. The molecule has 0 saturated carbocycles. The van der Waals surface area contributed by atoms with E-state index in [0.29, 0.717) is 91.3 Å². The minimum atomic E-state index is -0.660. The van der Waals surface area contributed by atoms with Crippen molar-refractivity contribution in [3.05, 3.63) is 294 Å². The number of ketones is 1. The van der Waals surface area contributed by atoms with Gasteiger partial charge in [0.2, 0.25) is 0 Å². The molecule has 0 atom stereocenters. The smallest absolute Gasteiger partial charge is 0.358 e. The van der Waals surface area contributed by atoms with Crippen LogP contribution in [0.2, 0.25) is 0 Å². The summed E-state index contributed by atoms with van der Waals surface area (Å²) in [6.45, 7) is 4.52. The number of nitrogen functional groups attached to an aromatic ring is 1. The first-order chi connectivity index (χ1) is 49.9. The first kappa shape index (κ1) is 76.2. The number of aromatic nitrogens is 13. The lowest BCUT2D eigenvalue weighted by Gasteiger charge is -2.06. The van der Waals surface area contributed by atoms with Gasteiger partial charge in [0, 0.05) is 53.4 Å². The lowest BCUT2D eigenvalue weighted by Crippen LogP contribution is -2.21. The van der Waals surface area contributed by atoms with Crippen LogP contribution in [0.1, 0.15) is 84.5 Å². The Kier molecular flexibility index (Phi) is 27.5. The lowest BCUT2D eigenvalue weighted by atomic mass is 10.2. The Labute approximate surface area is 593 Å². The molecule has 532 valence electrons. The fourth-order valence-electron chi connectivity index (χ4n) is 9.23. The number of amidine groups is 1. The molecule has 9 heterocycles. The third-order valence-corrected chi connectivity index (χ3v) is 14.2. The van der Waals surface area contributed by atoms with Gasteiger partial charge < -0.3 is 38.3 Å². The summed E-state index contributed by atoms with van der Waals surface area (Å²) in [7, 11) is 0. The van der Waals surface area contributed by atoms with E-state index in [-0.39, 0.29) is 103 Å². The maximum absolute atomic E-state index is 13.9. The number of halogens is 6. The SMILES string of the molecule is CC(=O)c1cocn1.CCOC(=O)c1cc(-c2cocn2)n(Cc2ccccc2F)n1.Cl.N#Cc1cc(-c2cocn2)n(Cc2ccccc2F)n1.N=C(N)c1cc(-c2cocn2)n(Cc2ccccc2F)n1.NC(=O)c1cc(-c2cocn2)n(Cc2ccccc2F)n1.NNCc1ccccc1F. The zero-order valence-electron chi connectivity index (χ0n) is 54.8. The monoisotopic (exact) mass is 1440 g/mol. The van der Waals surface area contributed by atoms with Gasteiger partial charge in [0.15, 0.2) is 54.8 Å². The number of primary amides is 1. The standard InChI is InChI=1S/C16H14FN3O3.C14H12FN5O.C14H11FN4O2.C14H9FN4O.C7H9FN2.C5H5NO2.ClH/c1-2-23-16(21)13-7-15(14-9-22-10-18-14)20(19-13)8-11-5-3-4-6-12(11)17;15-10-4-2-1-3-9(10)6-20-13(12-7-21-8-18-12)5-11(19-20)14(16)17;15-10-4-2-1-3-9(10)6-19-13(12-7-21-8-17-12)5-11(18-19)14(16)20;15-12-4-2-1-3-10(12)7-19-14(5-11(6-16)18-19)13-8-20-9-17-13;8-7-4-2-1-3-6(7)5-10-9;1-4(7)5-2-8-3-6-5;/h3-7,9-10H,2,8H2,1H3;1-5,7-8H,6H2,(H3,16,17);1-5,7-8H,6H2,(H2,16,20);1-5,8-9H,7H2;1-4,10H,5,9H2;2-3H,1H3;1H. The largest absolute Gasteiger partial charge is 0.461 e. The number of hydrazine groups is 1. The minimum absolute atomic E-state index is 0. The number of Topliss-reactive ketones (excluding diaryl/α,β-unsaturated/α-hetero) is 1. The molecule has 0 unspecified atom stereocenters. The Morgan fingerprint density at radius 3 is 1.12 bits per heavy atom. The molecule has 5 aromatic carbocycles. The number of nitriles is 1. The van der Waals surface area contributed by atoms with Gasteiger partial charge in [-0.2, -0.15) is 25.7 Å². The van der Waals surface area contributed by atoms with E-state index >= 15 is 0 Å². The molecule has 0 saturated heterocycles. The second kappa shape index (κ2) is 37.6. The van der Waals surface area contributed by atoms with E-state index < -0.39 is 11.9 Å². The highest BCUT2D eigenvalue weighted by Gasteiger charge is 2.21. The summed E-state index contributed by atoms with van der Waals surface area (Å²) in [6, 6.07) is 40.4. The summed E-state index contributed by atoms with van der Waals surface area (Å²) in [6.07, 6.45) is 13.4. The summed E-state index contributed by atoms with van der Waals surface area (Å²) in [5, 5.41) is 33.1. The lowest BCUT2D eigenvalue weighted by molar-refractivity contribution is 0.0518. The summed E-state index contributed by atoms with van der Waals surface area (Å²) in [4.78, 5) is 53.3. The van der Waals surface area contributed by atoms with Gasteiger partial charge in [-0.25, -0.2) is 51.7 Å². The number of nitrogens with zero attached hydrogens (tertiary/aromatic N) is 14. The molecule has 1 amide bonds. The maximum atomic E-state index is 13.9. The average molecular weight is 1440 g/mol. The number of oxazole rings is 5. The van der Waals surface area contributed by atoms with E-state index in [0.717, 1.165) is 0 Å². The molecule has 8 N–H and O–H groups in total. The first-order valence-electron chi connectivity index (χ1n) is 30.5. The van der Waals surface area contributed by atoms with Crippen LogP contribution in [0.25, 0.3) is 45.6 Å². The molecule has 9 aromatic heterocycles. The van der Waals surface area contributed by atoms with Crippen LogP contribution in [0.15, 0.2) is 231 Å². The number of nitrogens with two attached hydrogens (primary N) is 3. The summed E-state index contributed by atoms with van der Waals surface area (Å²) in [5.74, 6) is 2.05.